The molecule has 142 valence electrons. The summed E-state index contributed by atoms with van der Waals surface area (Å²) in [4.78, 5) is 32.1. The molecule has 0 bridgehead atoms. The number of carbonyl (C=O) groups excluding carboxylic acids is 1. The lowest BCUT2D eigenvalue weighted by Gasteiger charge is -2.16. The molecule has 0 saturated carbocycles. The average molecular weight is 376 g/mol. The summed E-state index contributed by atoms with van der Waals surface area (Å²) in [6.45, 7) is 1.06. The molecule has 4 heterocycles. The number of likely N-dealkylation sites (tertiary alicyclic amines) is 1. The Bertz CT molecular complexity index is 1280. The van der Waals surface area contributed by atoms with Crippen LogP contribution in [0.1, 0.15) is 23.0 Å². The van der Waals surface area contributed by atoms with E-state index in [9.17, 15) is 9.59 Å². The van der Waals surface area contributed by atoms with Crippen molar-refractivity contribution in [2.45, 2.75) is 12.5 Å². The van der Waals surface area contributed by atoms with E-state index in [4.69, 9.17) is 0 Å². The normalized spacial score (nSPS) is 17.1. The van der Waals surface area contributed by atoms with Crippen molar-refractivity contribution in [2.75, 3.05) is 13.1 Å². The summed E-state index contributed by atoms with van der Waals surface area (Å²) in [5, 5.41) is 5.29. The van der Waals surface area contributed by atoms with Gasteiger partial charge in [0.25, 0.3) is 5.91 Å². The highest BCUT2D eigenvalue weighted by Crippen LogP contribution is 2.26. The minimum atomic E-state index is -0.101. The van der Waals surface area contributed by atoms with Crippen molar-refractivity contribution in [2.24, 2.45) is 14.1 Å². The number of hydrogen-bond donors (Lipinski definition) is 0. The van der Waals surface area contributed by atoms with Crippen molar-refractivity contribution < 1.29 is 4.79 Å². The number of pyridine rings is 1. The predicted molar refractivity (Wildman–Crippen MR) is 105 cm³/mol. The standard InChI is InChI=1S/C20H20N6O2/c1-23-16-8-5-10-21-18(16)26(20(23)28)13-9-11-25(12-13)19(27)17-14-6-3-4-7-15(14)24(2)22-17/h3-8,10,13H,9,11-12H2,1-2H3/t13-/m0/s1. The summed E-state index contributed by atoms with van der Waals surface area (Å²) in [5.41, 5.74) is 2.75. The molecule has 4 aromatic rings. The quantitative estimate of drug-likeness (QED) is 0.534. The first-order valence-corrected chi connectivity index (χ1v) is 9.29. The largest absolute Gasteiger partial charge is 0.335 e. The molecule has 1 amide bonds. The number of rotatable bonds is 2. The van der Waals surface area contributed by atoms with E-state index >= 15 is 0 Å². The average Bonchev–Trinajstić information content (AvgIpc) is 3.39. The Balaban J connectivity index is 1.49. The molecule has 0 radical (unpaired) electrons. The topological polar surface area (TPSA) is 78.0 Å². The number of hydrogen-bond acceptors (Lipinski definition) is 4. The number of para-hydroxylation sites is 1. The fraction of sp³-hybridized carbons (Fsp3) is 0.300. The van der Waals surface area contributed by atoms with E-state index < -0.39 is 0 Å². The molecule has 1 aliphatic rings. The molecule has 0 aliphatic carbocycles. The Morgan fingerprint density at radius 3 is 2.75 bits per heavy atom. The Kier molecular flexibility index (Phi) is 3.61. The van der Waals surface area contributed by atoms with E-state index in [0.717, 1.165) is 16.4 Å². The van der Waals surface area contributed by atoms with E-state index in [0.29, 0.717) is 30.9 Å². The fourth-order valence-corrected chi connectivity index (χ4v) is 4.18. The molecule has 1 aromatic carbocycles. The number of amides is 1. The van der Waals surface area contributed by atoms with Crippen molar-refractivity contribution in [1.29, 1.82) is 0 Å². The second kappa shape index (κ2) is 6.05. The van der Waals surface area contributed by atoms with Crippen LogP contribution in [0.5, 0.6) is 0 Å². The Morgan fingerprint density at radius 2 is 1.89 bits per heavy atom. The smallest absolute Gasteiger partial charge is 0.330 e. The summed E-state index contributed by atoms with van der Waals surface area (Å²) in [6.07, 6.45) is 2.41. The van der Waals surface area contributed by atoms with Crippen molar-refractivity contribution >= 4 is 28.0 Å². The maximum Gasteiger partial charge on any atom is 0.330 e. The first-order chi connectivity index (χ1) is 13.6. The van der Waals surface area contributed by atoms with Crippen LogP contribution in [0.25, 0.3) is 22.1 Å². The third kappa shape index (κ3) is 2.30. The summed E-state index contributed by atoms with van der Waals surface area (Å²) >= 11 is 0. The molecule has 3 aromatic heterocycles. The first kappa shape index (κ1) is 16.7. The molecule has 1 fully saturated rings. The minimum Gasteiger partial charge on any atom is -0.335 e. The second-order valence-electron chi connectivity index (χ2n) is 7.24. The number of benzene rings is 1. The van der Waals surface area contributed by atoms with Crippen LogP contribution in [-0.4, -0.2) is 47.8 Å². The molecule has 5 rings (SSSR count). The van der Waals surface area contributed by atoms with E-state index in [1.807, 2.05) is 43.4 Å². The lowest BCUT2D eigenvalue weighted by molar-refractivity contribution is 0.0783. The maximum absolute atomic E-state index is 13.1. The van der Waals surface area contributed by atoms with Crippen molar-refractivity contribution in [3.8, 4) is 0 Å². The van der Waals surface area contributed by atoms with E-state index in [1.165, 1.54) is 0 Å². The molecule has 1 saturated heterocycles. The molecule has 1 atom stereocenters. The summed E-state index contributed by atoms with van der Waals surface area (Å²) in [5.74, 6) is -0.0967. The van der Waals surface area contributed by atoms with Gasteiger partial charge in [0.15, 0.2) is 11.3 Å². The lowest BCUT2D eigenvalue weighted by Crippen LogP contribution is -2.32. The van der Waals surface area contributed by atoms with Gasteiger partial charge in [0.2, 0.25) is 0 Å². The maximum atomic E-state index is 13.1. The summed E-state index contributed by atoms with van der Waals surface area (Å²) in [6, 6.07) is 11.3. The SMILES string of the molecule is Cn1nc(C(=O)N2CC[C@H](n3c(=O)n(C)c4cccnc43)C2)c2ccccc21. The van der Waals surface area contributed by atoms with Crippen LogP contribution in [0.3, 0.4) is 0 Å². The van der Waals surface area contributed by atoms with Crippen LogP contribution in [0.15, 0.2) is 47.4 Å². The zero-order valence-corrected chi connectivity index (χ0v) is 15.7. The predicted octanol–water partition coefficient (Wildman–Crippen LogP) is 1.71. The van der Waals surface area contributed by atoms with Crippen LogP contribution >= 0.6 is 0 Å². The zero-order chi connectivity index (χ0) is 19.4. The molecule has 0 unspecified atom stereocenters. The van der Waals surface area contributed by atoms with Crippen molar-refractivity contribution in [1.82, 2.24) is 28.8 Å². The van der Waals surface area contributed by atoms with Crippen LogP contribution in [0, 0.1) is 0 Å². The van der Waals surface area contributed by atoms with Gasteiger partial charge in [0.1, 0.15) is 0 Å². The van der Waals surface area contributed by atoms with Crippen LogP contribution in [0.2, 0.25) is 0 Å². The fourth-order valence-electron chi connectivity index (χ4n) is 4.18. The van der Waals surface area contributed by atoms with E-state index in [1.54, 1.807) is 32.0 Å². The van der Waals surface area contributed by atoms with Crippen LogP contribution in [0.4, 0.5) is 0 Å². The minimum absolute atomic E-state index is 0.0926. The van der Waals surface area contributed by atoms with E-state index in [2.05, 4.69) is 10.1 Å². The third-order valence-corrected chi connectivity index (χ3v) is 5.62. The van der Waals surface area contributed by atoms with Gasteiger partial charge in [0, 0.05) is 38.8 Å². The lowest BCUT2D eigenvalue weighted by atomic mass is 10.2. The highest BCUT2D eigenvalue weighted by Gasteiger charge is 2.32. The van der Waals surface area contributed by atoms with Crippen LogP contribution in [-0.2, 0) is 14.1 Å². The summed E-state index contributed by atoms with van der Waals surface area (Å²) < 4.78 is 5.06. The molecule has 1 aliphatic heterocycles. The molecular weight excluding hydrogens is 356 g/mol. The van der Waals surface area contributed by atoms with Crippen LogP contribution < -0.4 is 5.69 Å². The number of aromatic nitrogens is 5. The zero-order valence-electron chi connectivity index (χ0n) is 15.7. The molecule has 28 heavy (non-hydrogen) atoms. The van der Waals surface area contributed by atoms with Gasteiger partial charge >= 0.3 is 5.69 Å². The van der Waals surface area contributed by atoms with Crippen molar-refractivity contribution in [3.63, 3.8) is 0 Å². The Hall–Kier alpha value is -3.42. The van der Waals surface area contributed by atoms with Gasteiger partial charge in [-0.25, -0.2) is 9.78 Å². The van der Waals surface area contributed by atoms with Gasteiger partial charge in [-0.05, 0) is 24.6 Å². The Morgan fingerprint density at radius 1 is 1.11 bits per heavy atom. The number of fused-ring (bicyclic) bond motifs is 2. The summed E-state index contributed by atoms with van der Waals surface area (Å²) in [7, 11) is 3.59. The number of imidazole rings is 1. The van der Waals surface area contributed by atoms with Gasteiger partial charge in [-0.15, -0.1) is 0 Å². The number of nitrogens with zero attached hydrogens (tertiary/aromatic N) is 6. The molecular formula is C20H20N6O2. The monoisotopic (exact) mass is 376 g/mol. The Labute approximate surface area is 160 Å². The molecule has 0 spiro atoms. The molecule has 0 N–H and O–H groups in total. The van der Waals surface area contributed by atoms with Gasteiger partial charge < -0.3 is 4.90 Å². The molecule has 8 heteroatoms. The van der Waals surface area contributed by atoms with Gasteiger partial charge in [-0.3, -0.25) is 18.6 Å². The molecule has 8 nitrogen and oxygen atoms in total. The van der Waals surface area contributed by atoms with Gasteiger partial charge in [-0.2, -0.15) is 5.10 Å². The van der Waals surface area contributed by atoms with Gasteiger partial charge in [0.05, 0.1) is 17.1 Å². The second-order valence-corrected chi connectivity index (χ2v) is 7.24. The first-order valence-electron chi connectivity index (χ1n) is 9.29. The number of aryl methyl sites for hydroxylation is 2. The van der Waals surface area contributed by atoms with Crippen molar-refractivity contribution in [3.05, 3.63) is 58.8 Å². The van der Waals surface area contributed by atoms with Gasteiger partial charge in [-0.1, -0.05) is 18.2 Å². The highest BCUT2D eigenvalue weighted by atomic mass is 16.2. The number of carbonyl (C=O) groups is 1. The highest BCUT2D eigenvalue weighted by molar-refractivity contribution is 6.04. The third-order valence-electron chi connectivity index (χ3n) is 5.62. The van der Waals surface area contributed by atoms with E-state index in [-0.39, 0.29) is 17.6 Å².